The van der Waals surface area contributed by atoms with E-state index < -0.39 is 42.9 Å². The molecule has 6 nitrogen and oxygen atoms in total. The number of sulfone groups is 2. The fourth-order valence-corrected chi connectivity index (χ4v) is 4.71. The zero-order chi connectivity index (χ0) is 15.4. The van der Waals surface area contributed by atoms with Crippen LogP contribution < -0.4 is 0 Å². The van der Waals surface area contributed by atoms with Gasteiger partial charge in [0.25, 0.3) is 0 Å². The Kier molecular flexibility index (Phi) is 5.29. The Morgan fingerprint density at radius 3 is 2.10 bits per heavy atom. The highest BCUT2D eigenvalue weighted by atomic mass is 32.2. The summed E-state index contributed by atoms with van der Waals surface area (Å²) in [6, 6.07) is 6.13. The van der Waals surface area contributed by atoms with Gasteiger partial charge in [0.15, 0.2) is 19.7 Å². The lowest BCUT2D eigenvalue weighted by molar-refractivity contribution is -0.137. The Bertz CT molecular complexity index is 671. The number of benzene rings is 1. The average molecular weight is 320 g/mol. The van der Waals surface area contributed by atoms with Crippen LogP contribution in [0, 0.1) is 6.92 Å². The fourth-order valence-electron chi connectivity index (χ4n) is 1.41. The number of methoxy groups -OCH3 is 1. The molecule has 0 saturated heterocycles. The Hall–Kier alpha value is -1.41. The largest absolute Gasteiger partial charge is 0.468 e. The lowest BCUT2D eigenvalue weighted by Gasteiger charge is -2.06. The van der Waals surface area contributed by atoms with E-state index in [9.17, 15) is 21.6 Å². The minimum Gasteiger partial charge on any atom is -0.468 e. The topological polar surface area (TPSA) is 94.6 Å². The molecule has 0 fully saturated rings. The first-order valence-corrected chi connectivity index (χ1v) is 9.20. The Labute approximate surface area is 118 Å². The zero-order valence-electron chi connectivity index (χ0n) is 11.2. The third kappa shape index (κ3) is 4.93. The second-order valence-electron chi connectivity index (χ2n) is 4.30. The highest BCUT2D eigenvalue weighted by Crippen LogP contribution is 2.12. The summed E-state index contributed by atoms with van der Waals surface area (Å²) in [5.74, 6) is -2.89. The van der Waals surface area contributed by atoms with E-state index in [2.05, 4.69) is 4.74 Å². The summed E-state index contributed by atoms with van der Waals surface area (Å²) in [7, 11) is -6.41. The van der Waals surface area contributed by atoms with Crippen molar-refractivity contribution in [2.24, 2.45) is 0 Å². The highest BCUT2D eigenvalue weighted by molar-refractivity contribution is 7.95. The van der Waals surface area contributed by atoms with Crippen LogP contribution in [-0.2, 0) is 29.2 Å². The molecule has 1 aromatic carbocycles. The average Bonchev–Trinajstić information content (AvgIpc) is 2.37. The van der Waals surface area contributed by atoms with Gasteiger partial charge in [-0.1, -0.05) is 17.7 Å². The molecule has 1 rings (SSSR count). The van der Waals surface area contributed by atoms with Gasteiger partial charge in [0.1, 0.15) is 5.75 Å². The lowest BCUT2D eigenvalue weighted by atomic mass is 10.2. The molecule has 0 spiro atoms. The smallest absolute Gasteiger partial charge is 0.320 e. The van der Waals surface area contributed by atoms with Gasteiger partial charge in [0.05, 0.1) is 23.5 Å². The third-order valence-corrected chi connectivity index (χ3v) is 6.10. The van der Waals surface area contributed by atoms with Crippen molar-refractivity contribution < 1.29 is 26.4 Å². The van der Waals surface area contributed by atoms with E-state index in [4.69, 9.17) is 0 Å². The molecule has 0 radical (unpaired) electrons. The number of ether oxygens (including phenoxy) is 1. The molecule has 1 aromatic rings. The molecule has 0 bridgehead atoms. The molecule has 112 valence electrons. The van der Waals surface area contributed by atoms with Crippen LogP contribution in [0.4, 0.5) is 0 Å². The predicted octanol–water partition coefficient (Wildman–Crippen LogP) is 0.357. The van der Waals surface area contributed by atoms with Gasteiger partial charge >= 0.3 is 5.97 Å². The maximum Gasteiger partial charge on any atom is 0.320 e. The van der Waals surface area contributed by atoms with Gasteiger partial charge in [-0.15, -0.1) is 0 Å². The van der Waals surface area contributed by atoms with Gasteiger partial charge in [0, 0.05) is 0 Å². The summed E-state index contributed by atoms with van der Waals surface area (Å²) in [6.07, 6.45) is 0. The van der Waals surface area contributed by atoms with Gasteiger partial charge in [-0.25, -0.2) is 16.8 Å². The van der Waals surface area contributed by atoms with E-state index in [0.717, 1.165) is 12.7 Å². The highest BCUT2D eigenvalue weighted by Gasteiger charge is 2.22. The van der Waals surface area contributed by atoms with E-state index >= 15 is 0 Å². The number of hydrogen-bond donors (Lipinski definition) is 0. The summed E-state index contributed by atoms with van der Waals surface area (Å²) in [5.41, 5.74) is 0.905. The van der Waals surface area contributed by atoms with E-state index in [1.165, 1.54) is 12.1 Å². The van der Waals surface area contributed by atoms with Gasteiger partial charge in [0.2, 0.25) is 0 Å². The SMILES string of the molecule is COC(=O)CS(=O)(=O)CCS(=O)(=O)c1ccc(C)cc1. The van der Waals surface area contributed by atoms with Crippen LogP contribution >= 0.6 is 0 Å². The molecule has 0 saturated carbocycles. The van der Waals surface area contributed by atoms with Gasteiger partial charge in [-0.2, -0.15) is 0 Å². The molecule has 0 amide bonds. The van der Waals surface area contributed by atoms with E-state index in [1.807, 2.05) is 6.92 Å². The minimum atomic E-state index is -3.80. The van der Waals surface area contributed by atoms with E-state index in [0.29, 0.717) is 0 Å². The Morgan fingerprint density at radius 2 is 1.60 bits per heavy atom. The van der Waals surface area contributed by atoms with Crippen molar-refractivity contribution in [1.82, 2.24) is 0 Å². The summed E-state index contributed by atoms with van der Waals surface area (Å²) in [6.45, 7) is 1.82. The molecule has 0 aliphatic heterocycles. The molecule has 0 heterocycles. The normalized spacial score (nSPS) is 12.1. The summed E-state index contributed by atoms with van der Waals surface area (Å²) in [4.78, 5) is 11.0. The first kappa shape index (κ1) is 16.6. The molecule has 0 N–H and O–H groups in total. The zero-order valence-corrected chi connectivity index (χ0v) is 12.8. The van der Waals surface area contributed by atoms with Crippen LogP contribution in [0.25, 0.3) is 0 Å². The molecule has 0 aromatic heterocycles. The number of hydrogen-bond acceptors (Lipinski definition) is 6. The fraction of sp³-hybridized carbons (Fsp3) is 0.417. The van der Waals surface area contributed by atoms with Crippen molar-refractivity contribution in [2.45, 2.75) is 11.8 Å². The predicted molar refractivity (Wildman–Crippen MR) is 73.9 cm³/mol. The second-order valence-corrected chi connectivity index (χ2v) is 8.59. The summed E-state index contributed by atoms with van der Waals surface area (Å²) >= 11 is 0. The first-order chi connectivity index (χ1) is 9.16. The number of carbonyl (C=O) groups is 1. The van der Waals surface area contributed by atoms with Crippen molar-refractivity contribution in [3.63, 3.8) is 0 Å². The molecule has 0 atom stereocenters. The first-order valence-electron chi connectivity index (χ1n) is 5.73. The van der Waals surface area contributed by atoms with Crippen molar-refractivity contribution in [3.8, 4) is 0 Å². The van der Waals surface area contributed by atoms with Crippen molar-refractivity contribution in [2.75, 3.05) is 24.4 Å². The van der Waals surface area contributed by atoms with Crippen LogP contribution in [0.1, 0.15) is 5.56 Å². The van der Waals surface area contributed by atoms with Crippen LogP contribution in [0.15, 0.2) is 29.2 Å². The minimum absolute atomic E-state index is 0.0661. The Balaban J connectivity index is 2.78. The number of rotatable bonds is 6. The molecule has 0 unspecified atom stereocenters. The van der Waals surface area contributed by atoms with Crippen LogP contribution in [-0.4, -0.2) is 47.2 Å². The lowest BCUT2D eigenvalue weighted by Crippen LogP contribution is -2.24. The third-order valence-electron chi connectivity index (χ3n) is 2.61. The van der Waals surface area contributed by atoms with Crippen LogP contribution in [0.2, 0.25) is 0 Å². The number of carbonyl (C=O) groups excluding carboxylic acids is 1. The standard InChI is InChI=1S/C12H16O6S2/c1-10-3-5-11(6-4-10)20(16,17)8-7-19(14,15)9-12(13)18-2/h3-6H,7-9H2,1-2H3. The molecule has 8 heteroatoms. The van der Waals surface area contributed by atoms with Crippen molar-refractivity contribution >= 4 is 25.6 Å². The van der Waals surface area contributed by atoms with Crippen LogP contribution in [0.3, 0.4) is 0 Å². The van der Waals surface area contributed by atoms with E-state index in [-0.39, 0.29) is 4.90 Å². The van der Waals surface area contributed by atoms with E-state index in [1.54, 1.807) is 12.1 Å². The maximum atomic E-state index is 12.0. The van der Waals surface area contributed by atoms with Crippen LogP contribution in [0.5, 0.6) is 0 Å². The second kappa shape index (κ2) is 6.36. The molecule has 0 aliphatic carbocycles. The molecule has 20 heavy (non-hydrogen) atoms. The van der Waals surface area contributed by atoms with Gasteiger partial charge < -0.3 is 4.74 Å². The number of esters is 1. The maximum absolute atomic E-state index is 12.0. The molecular formula is C12H16O6S2. The Morgan fingerprint density at radius 1 is 1.05 bits per heavy atom. The summed E-state index contributed by atoms with van der Waals surface area (Å²) < 4.78 is 51.3. The van der Waals surface area contributed by atoms with Crippen molar-refractivity contribution in [1.29, 1.82) is 0 Å². The monoisotopic (exact) mass is 320 g/mol. The van der Waals surface area contributed by atoms with Crippen molar-refractivity contribution in [3.05, 3.63) is 29.8 Å². The quantitative estimate of drug-likeness (QED) is 0.702. The van der Waals surface area contributed by atoms with Gasteiger partial charge in [-0.05, 0) is 19.1 Å². The summed E-state index contributed by atoms with van der Waals surface area (Å²) in [5, 5.41) is 0. The molecular weight excluding hydrogens is 304 g/mol. The number of aryl methyl sites for hydroxylation is 1. The molecule has 0 aliphatic rings. The van der Waals surface area contributed by atoms with Gasteiger partial charge in [-0.3, -0.25) is 4.79 Å².